The number of carbonyl (C=O) groups is 1. The third-order valence-electron chi connectivity index (χ3n) is 2.31. The minimum atomic E-state index is -1.03. The van der Waals surface area contributed by atoms with Crippen molar-refractivity contribution in [1.82, 2.24) is 4.57 Å². The fourth-order valence-corrected chi connectivity index (χ4v) is 2.04. The molecular weight excluding hydrogens is 272 g/mol. The highest BCUT2D eigenvalue weighted by Gasteiger charge is 2.14. The van der Waals surface area contributed by atoms with Crippen LogP contribution in [0.4, 0.5) is 0 Å². The summed E-state index contributed by atoms with van der Waals surface area (Å²) in [5, 5.41) is 18.5. The number of hydrogen-bond donors (Lipinski definition) is 1. The highest BCUT2D eigenvalue weighted by Crippen LogP contribution is 2.23. The summed E-state index contributed by atoms with van der Waals surface area (Å²) in [5.41, 5.74) is 0.886. The Kier molecular flexibility index (Phi) is 2.67. The van der Waals surface area contributed by atoms with Crippen LogP contribution in [0.2, 0.25) is 0 Å². The number of halogens is 1. The lowest BCUT2D eigenvalue weighted by molar-refractivity contribution is 0.0686. The summed E-state index contributed by atoms with van der Waals surface area (Å²) in [6.45, 7) is 0.0345. The number of aromatic nitrogens is 1. The van der Waals surface area contributed by atoms with Crippen molar-refractivity contribution >= 4 is 32.8 Å². The van der Waals surface area contributed by atoms with E-state index >= 15 is 0 Å². The molecule has 0 aliphatic carbocycles. The molecule has 0 atom stereocenters. The van der Waals surface area contributed by atoms with Crippen LogP contribution in [0.3, 0.4) is 0 Å². The third-order valence-corrected chi connectivity index (χ3v) is 2.80. The topological polar surface area (TPSA) is 66.0 Å². The Morgan fingerprint density at radius 3 is 2.88 bits per heavy atom. The predicted octanol–water partition coefficient (Wildman–Crippen LogP) is 2.63. The van der Waals surface area contributed by atoms with Crippen molar-refractivity contribution in [1.29, 1.82) is 5.26 Å². The second kappa shape index (κ2) is 3.99. The van der Waals surface area contributed by atoms with Crippen LogP contribution in [-0.2, 0) is 6.54 Å². The van der Waals surface area contributed by atoms with Crippen molar-refractivity contribution < 1.29 is 9.90 Å². The Morgan fingerprint density at radius 1 is 1.50 bits per heavy atom. The van der Waals surface area contributed by atoms with Crippen LogP contribution in [0.15, 0.2) is 28.7 Å². The van der Waals surface area contributed by atoms with E-state index in [2.05, 4.69) is 15.9 Å². The number of rotatable bonds is 2. The maximum absolute atomic E-state index is 11.0. The van der Waals surface area contributed by atoms with E-state index in [1.165, 1.54) is 4.57 Å². The van der Waals surface area contributed by atoms with Gasteiger partial charge in [-0.25, -0.2) is 4.79 Å². The van der Waals surface area contributed by atoms with Crippen LogP contribution in [0.25, 0.3) is 10.9 Å². The summed E-state index contributed by atoms with van der Waals surface area (Å²) in [7, 11) is 0. The van der Waals surface area contributed by atoms with Crippen LogP contribution in [0.1, 0.15) is 10.5 Å². The van der Waals surface area contributed by atoms with Crippen LogP contribution in [-0.4, -0.2) is 15.6 Å². The first-order valence-electron chi connectivity index (χ1n) is 4.52. The van der Waals surface area contributed by atoms with Gasteiger partial charge < -0.3 is 9.67 Å². The standard InChI is InChI=1S/C11H7BrN2O2/c12-8-1-2-9-7(5-8)6-10(11(15)16)14(9)4-3-13/h1-2,5-6H,4H2,(H,15,16). The quantitative estimate of drug-likeness (QED) is 0.918. The van der Waals surface area contributed by atoms with Crippen molar-refractivity contribution in [2.24, 2.45) is 0 Å². The van der Waals surface area contributed by atoms with E-state index in [0.717, 1.165) is 15.4 Å². The van der Waals surface area contributed by atoms with Gasteiger partial charge in [0.15, 0.2) is 0 Å². The molecule has 5 heteroatoms. The molecule has 0 radical (unpaired) electrons. The van der Waals surface area contributed by atoms with E-state index in [4.69, 9.17) is 10.4 Å². The Hall–Kier alpha value is -1.80. The van der Waals surface area contributed by atoms with Crippen LogP contribution < -0.4 is 0 Å². The zero-order valence-corrected chi connectivity index (χ0v) is 9.73. The van der Waals surface area contributed by atoms with E-state index in [9.17, 15) is 4.79 Å². The van der Waals surface area contributed by atoms with Crippen molar-refractivity contribution in [3.63, 3.8) is 0 Å². The largest absolute Gasteiger partial charge is 0.477 e. The molecule has 2 aromatic rings. The van der Waals surface area contributed by atoms with E-state index in [1.807, 2.05) is 18.2 Å². The molecule has 1 aromatic carbocycles. The summed E-state index contributed by atoms with van der Waals surface area (Å²) in [4.78, 5) is 11.0. The molecule has 16 heavy (non-hydrogen) atoms. The molecule has 0 fully saturated rings. The molecule has 0 spiro atoms. The maximum atomic E-state index is 11.0. The van der Waals surface area contributed by atoms with Crippen molar-refractivity contribution in [2.45, 2.75) is 6.54 Å². The number of fused-ring (bicyclic) bond motifs is 1. The fourth-order valence-electron chi connectivity index (χ4n) is 1.66. The van der Waals surface area contributed by atoms with E-state index in [0.29, 0.717) is 0 Å². The molecule has 1 heterocycles. The first-order chi connectivity index (χ1) is 7.63. The first kappa shape index (κ1) is 10.7. The van der Waals surface area contributed by atoms with E-state index in [-0.39, 0.29) is 12.2 Å². The highest BCUT2D eigenvalue weighted by molar-refractivity contribution is 9.10. The van der Waals surface area contributed by atoms with Crippen LogP contribution in [0.5, 0.6) is 0 Å². The number of nitrogens with zero attached hydrogens (tertiary/aromatic N) is 2. The molecule has 4 nitrogen and oxygen atoms in total. The zero-order chi connectivity index (χ0) is 11.7. The second-order valence-electron chi connectivity index (χ2n) is 3.28. The van der Waals surface area contributed by atoms with Gasteiger partial charge in [0.25, 0.3) is 0 Å². The average Bonchev–Trinajstić information content (AvgIpc) is 2.57. The number of nitriles is 1. The highest BCUT2D eigenvalue weighted by atomic mass is 79.9. The van der Waals surface area contributed by atoms with Crippen molar-refractivity contribution in [2.75, 3.05) is 0 Å². The van der Waals surface area contributed by atoms with Crippen LogP contribution >= 0.6 is 15.9 Å². The molecule has 0 bridgehead atoms. The van der Waals surface area contributed by atoms with E-state index in [1.54, 1.807) is 12.1 Å². The minimum absolute atomic E-state index is 0.0345. The Bertz CT molecular complexity index is 610. The molecule has 0 saturated carbocycles. The van der Waals surface area contributed by atoms with Gasteiger partial charge in [-0.15, -0.1) is 0 Å². The summed E-state index contributed by atoms with van der Waals surface area (Å²) in [6, 6.07) is 8.97. The monoisotopic (exact) mass is 278 g/mol. The molecule has 0 aliphatic rings. The van der Waals surface area contributed by atoms with Crippen LogP contribution in [0, 0.1) is 11.3 Å². The smallest absolute Gasteiger partial charge is 0.352 e. The lowest BCUT2D eigenvalue weighted by atomic mass is 10.2. The number of hydrogen-bond acceptors (Lipinski definition) is 2. The molecule has 80 valence electrons. The second-order valence-corrected chi connectivity index (χ2v) is 4.20. The van der Waals surface area contributed by atoms with Gasteiger partial charge in [-0.05, 0) is 24.3 Å². The van der Waals surface area contributed by atoms with Gasteiger partial charge in [0.1, 0.15) is 12.2 Å². The van der Waals surface area contributed by atoms with Gasteiger partial charge in [-0.1, -0.05) is 15.9 Å². The SMILES string of the molecule is N#CCn1c(C(=O)O)cc2cc(Br)ccc21. The Morgan fingerprint density at radius 2 is 2.25 bits per heavy atom. The lowest BCUT2D eigenvalue weighted by Gasteiger charge is -2.02. The molecule has 0 amide bonds. The van der Waals surface area contributed by atoms with Crippen molar-refractivity contribution in [3.05, 3.63) is 34.4 Å². The maximum Gasteiger partial charge on any atom is 0.352 e. The van der Waals surface area contributed by atoms with E-state index < -0.39 is 5.97 Å². The summed E-state index contributed by atoms with van der Waals surface area (Å²) >= 11 is 3.32. The number of aromatic carboxylic acids is 1. The average molecular weight is 279 g/mol. The zero-order valence-electron chi connectivity index (χ0n) is 8.14. The first-order valence-corrected chi connectivity index (χ1v) is 5.32. The molecule has 1 aromatic heterocycles. The molecule has 0 unspecified atom stereocenters. The van der Waals surface area contributed by atoms with Gasteiger partial charge in [-0.3, -0.25) is 0 Å². The molecule has 2 rings (SSSR count). The minimum Gasteiger partial charge on any atom is -0.477 e. The Labute approximate surface area is 99.8 Å². The fraction of sp³-hybridized carbons (Fsp3) is 0.0909. The van der Waals surface area contributed by atoms with Gasteiger partial charge in [0.05, 0.1) is 6.07 Å². The Balaban J connectivity index is 2.76. The molecule has 0 saturated heterocycles. The van der Waals surface area contributed by atoms with Gasteiger partial charge in [0, 0.05) is 15.4 Å². The predicted molar refractivity (Wildman–Crippen MR) is 62.2 cm³/mol. The summed E-state index contributed by atoms with van der Waals surface area (Å²) in [5.74, 6) is -1.03. The molecule has 1 N–H and O–H groups in total. The summed E-state index contributed by atoms with van der Waals surface area (Å²) < 4.78 is 2.37. The number of carboxylic acids is 1. The summed E-state index contributed by atoms with van der Waals surface area (Å²) in [6.07, 6.45) is 0. The molecular formula is C11H7BrN2O2. The van der Waals surface area contributed by atoms with Gasteiger partial charge in [0.2, 0.25) is 0 Å². The van der Waals surface area contributed by atoms with Crippen molar-refractivity contribution in [3.8, 4) is 6.07 Å². The van der Waals surface area contributed by atoms with Gasteiger partial charge >= 0.3 is 5.97 Å². The number of carboxylic acid groups (broad SMARTS) is 1. The molecule has 0 aliphatic heterocycles. The lowest BCUT2D eigenvalue weighted by Crippen LogP contribution is -2.07. The van der Waals surface area contributed by atoms with Gasteiger partial charge in [-0.2, -0.15) is 5.26 Å². The normalized spacial score (nSPS) is 10.2. The third kappa shape index (κ3) is 1.68. The number of benzene rings is 1.